The van der Waals surface area contributed by atoms with Gasteiger partial charge in [-0.1, -0.05) is 12.1 Å². The fourth-order valence-corrected chi connectivity index (χ4v) is 3.95. The standard InChI is InChI=1S/C18H22N2O3S/c1-12-7-6-9-14(17(12)22-3)23-11-16(21)20(2)18-19-13-8-4-5-10-15(13)24-18/h6-7,9H,4-5,8,10-11H2,1-3H3. The number of carbonyl (C=O) groups is 1. The van der Waals surface area contributed by atoms with Crippen LogP contribution in [0, 0.1) is 6.92 Å². The molecule has 0 N–H and O–H groups in total. The topological polar surface area (TPSA) is 51.7 Å². The molecular weight excluding hydrogens is 324 g/mol. The van der Waals surface area contributed by atoms with E-state index < -0.39 is 0 Å². The number of fused-ring (bicyclic) bond motifs is 1. The Hall–Kier alpha value is -2.08. The van der Waals surface area contributed by atoms with Crippen LogP contribution in [0.3, 0.4) is 0 Å². The number of carbonyl (C=O) groups excluding carboxylic acids is 1. The number of likely N-dealkylation sites (N-methyl/N-ethyl adjacent to an activating group) is 1. The molecule has 1 heterocycles. The van der Waals surface area contributed by atoms with Gasteiger partial charge in [-0.05, 0) is 44.2 Å². The predicted molar refractivity (Wildman–Crippen MR) is 95.4 cm³/mol. The lowest BCUT2D eigenvalue weighted by molar-refractivity contribution is -0.120. The highest BCUT2D eigenvalue weighted by Gasteiger charge is 2.21. The van der Waals surface area contributed by atoms with Crippen LogP contribution < -0.4 is 14.4 Å². The predicted octanol–water partition coefficient (Wildman–Crippen LogP) is 3.38. The molecule has 1 aromatic heterocycles. The first-order valence-corrected chi connectivity index (χ1v) is 8.93. The van der Waals surface area contributed by atoms with Crippen molar-refractivity contribution in [2.45, 2.75) is 32.6 Å². The summed E-state index contributed by atoms with van der Waals surface area (Å²) in [5, 5.41) is 0.756. The molecule has 0 spiro atoms. The molecule has 3 rings (SSSR count). The van der Waals surface area contributed by atoms with Gasteiger partial charge in [0.2, 0.25) is 0 Å². The summed E-state index contributed by atoms with van der Waals surface area (Å²) in [6, 6.07) is 5.64. The molecule has 1 amide bonds. The summed E-state index contributed by atoms with van der Waals surface area (Å²) in [4.78, 5) is 20.0. The van der Waals surface area contributed by atoms with E-state index in [-0.39, 0.29) is 12.5 Å². The second-order valence-corrected chi connectivity index (χ2v) is 6.98. The number of amides is 1. The number of anilines is 1. The van der Waals surface area contributed by atoms with Gasteiger partial charge in [0, 0.05) is 11.9 Å². The Bertz CT molecular complexity index is 718. The number of para-hydroxylation sites is 1. The third kappa shape index (κ3) is 3.38. The molecule has 0 fully saturated rings. The average molecular weight is 346 g/mol. The maximum Gasteiger partial charge on any atom is 0.266 e. The van der Waals surface area contributed by atoms with E-state index in [1.807, 2.05) is 19.1 Å². The highest BCUT2D eigenvalue weighted by molar-refractivity contribution is 7.15. The minimum atomic E-state index is -0.121. The largest absolute Gasteiger partial charge is 0.493 e. The first-order valence-electron chi connectivity index (χ1n) is 8.11. The Morgan fingerprint density at radius 2 is 2.12 bits per heavy atom. The first kappa shape index (κ1) is 16.8. The second-order valence-electron chi connectivity index (χ2n) is 5.92. The van der Waals surface area contributed by atoms with E-state index in [1.165, 1.54) is 17.7 Å². The number of benzene rings is 1. The van der Waals surface area contributed by atoms with Crippen molar-refractivity contribution in [3.8, 4) is 11.5 Å². The van der Waals surface area contributed by atoms with E-state index in [0.29, 0.717) is 11.5 Å². The second kappa shape index (κ2) is 7.21. The van der Waals surface area contributed by atoms with Crippen LogP contribution in [0.4, 0.5) is 5.13 Å². The maximum absolute atomic E-state index is 12.4. The van der Waals surface area contributed by atoms with Crippen molar-refractivity contribution in [2.24, 2.45) is 0 Å². The number of aromatic nitrogens is 1. The number of methoxy groups -OCH3 is 1. The lowest BCUT2D eigenvalue weighted by Crippen LogP contribution is -2.31. The molecule has 5 nitrogen and oxygen atoms in total. The Morgan fingerprint density at radius 1 is 1.33 bits per heavy atom. The zero-order valence-electron chi connectivity index (χ0n) is 14.3. The van der Waals surface area contributed by atoms with Crippen LogP contribution in [0.15, 0.2) is 18.2 Å². The molecule has 128 valence electrons. The van der Waals surface area contributed by atoms with Gasteiger partial charge < -0.3 is 9.47 Å². The van der Waals surface area contributed by atoms with Crippen LogP contribution in [0.25, 0.3) is 0 Å². The summed E-state index contributed by atoms with van der Waals surface area (Å²) in [6.07, 6.45) is 4.49. The fraction of sp³-hybridized carbons (Fsp3) is 0.444. The number of nitrogens with zero attached hydrogens (tertiary/aromatic N) is 2. The van der Waals surface area contributed by atoms with E-state index in [1.54, 1.807) is 36.5 Å². The van der Waals surface area contributed by atoms with Gasteiger partial charge in [-0.3, -0.25) is 9.69 Å². The molecule has 1 aliphatic rings. The number of thiazole rings is 1. The van der Waals surface area contributed by atoms with Gasteiger partial charge in [-0.2, -0.15) is 0 Å². The summed E-state index contributed by atoms with van der Waals surface area (Å²) in [5.41, 5.74) is 2.13. The molecule has 0 unspecified atom stereocenters. The number of hydrogen-bond donors (Lipinski definition) is 0. The van der Waals surface area contributed by atoms with Crippen molar-refractivity contribution in [3.05, 3.63) is 34.3 Å². The molecule has 0 atom stereocenters. The van der Waals surface area contributed by atoms with Crippen LogP contribution in [0.5, 0.6) is 11.5 Å². The average Bonchev–Trinajstić information content (AvgIpc) is 3.03. The maximum atomic E-state index is 12.4. The molecule has 1 aromatic carbocycles. The van der Waals surface area contributed by atoms with E-state index in [9.17, 15) is 4.79 Å². The first-order chi connectivity index (χ1) is 11.6. The lowest BCUT2D eigenvalue weighted by atomic mass is 10.0. The van der Waals surface area contributed by atoms with Crippen molar-refractivity contribution in [1.82, 2.24) is 4.98 Å². The third-order valence-corrected chi connectivity index (χ3v) is 5.46. The molecule has 0 radical (unpaired) electrons. The minimum absolute atomic E-state index is 0.0411. The summed E-state index contributed by atoms with van der Waals surface area (Å²) >= 11 is 1.62. The molecule has 0 saturated heterocycles. The Morgan fingerprint density at radius 3 is 2.88 bits per heavy atom. The van der Waals surface area contributed by atoms with Crippen LogP contribution in [-0.2, 0) is 17.6 Å². The van der Waals surface area contributed by atoms with Gasteiger partial charge in [-0.25, -0.2) is 4.98 Å². The highest BCUT2D eigenvalue weighted by atomic mass is 32.1. The van der Waals surface area contributed by atoms with E-state index in [0.717, 1.165) is 29.2 Å². The van der Waals surface area contributed by atoms with E-state index in [2.05, 4.69) is 4.98 Å². The van der Waals surface area contributed by atoms with Crippen LogP contribution in [0.2, 0.25) is 0 Å². The van der Waals surface area contributed by atoms with Crippen LogP contribution in [0.1, 0.15) is 29.0 Å². The number of hydrogen-bond acceptors (Lipinski definition) is 5. The third-order valence-electron chi connectivity index (χ3n) is 4.23. The Balaban J connectivity index is 1.67. The van der Waals surface area contributed by atoms with Crippen molar-refractivity contribution < 1.29 is 14.3 Å². The van der Waals surface area contributed by atoms with Crippen molar-refractivity contribution in [1.29, 1.82) is 0 Å². The fourth-order valence-electron chi connectivity index (χ4n) is 2.83. The van der Waals surface area contributed by atoms with Crippen LogP contribution >= 0.6 is 11.3 Å². The zero-order valence-corrected chi connectivity index (χ0v) is 15.1. The van der Waals surface area contributed by atoms with Crippen molar-refractivity contribution in [2.75, 3.05) is 25.7 Å². The molecule has 2 aromatic rings. The van der Waals surface area contributed by atoms with Crippen molar-refractivity contribution >= 4 is 22.4 Å². The molecule has 0 saturated carbocycles. The van der Waals surface area contributed by atoms with Crippen LogP contribution in [-0.4, -0.2) is 31.7 Å². The van der Waals surface area contributed by atoms with Gasteiger partial charge >= 0.3 is 0 Å². The summed E-state index contributed by atoms with van der Waals surface area (Å²) in [5.74, 6) is 1.13. The zero-order chi connectivity index (χ0) is 17.1. The molecule has 0 bridgehead atoms. The minimum Gasteiger partial charge on any atom is -0.493 e. The smallest absolute Gasteiger partial charge is 0.266 e. The summed E-state index contributed by atoms with van der Waals surface area (Å²) < 4.78 is 11.0. The van der Waals surface area contributed by atoms with Gasteiger partial charge in [0.05, 0.1) is 12.8 Å². The molecular formula is C18H22N2O3S. The highest BCUT2D eigenvalue weighted by Crippen LogP contribution is 2.32. The van der Waals surface area contributed by atoms with Gasteiger partial charge in [0.25, 0.3) is 5.91 Å². The molecule has 24 heavy (non-hydrogen) atoms. The van der Waals surface area contributed by atoms with Crippen molar-refractivity contribution in [3.63, 3.8) is 0 Å². The quantitative estimate of drug-likeness (QED) is 0.833. The normalized spacial score (nSPS) is 13.3. The summed E-state index contributed by atoms with van der Waals surface area (Å²) in [6.45, 7) is 1.90. The molecule has 1 aliphatic carbocycles. The monoisotopic (exact) mass is 346 g/mol. The SMILES string of the molecule is COc1c(C)cccc1OCC(=O)N(C)c1nc2c(s1)CCCC2. The van der Waals surface area contributed by atoms with Gasteiger partial charge in [-0.15, -0.1) is 11.3 Å². The number of ether oxygens (including phenoxy) is 2. The number of rotatable bonds is 5. The van der Waals surface area contributed by atoms with Gasteiger partial charge in [0.1, 0.15) is 0 Å². The van der Waals surface area contributed by atoms with Gasteiger partial charge in [0.15, 0.2) is 23.2 Å². The Kier molecular flexibility index (Phi) is 5.04. The van der Waals surface area contributed by atoms with E-state index >= 15 is 0 Å². The lowest BCUT2D eigenvalue weighted by Gasteiger charge is -2.16. The summed E-state index contributed by atoms with van der Waals surface area (Å²) in [7, 11) is 3.35. The van der Waals surface area contributed by atoms with E-state index in [4.69, 9.17) is 9.47 Å². The number of aryl methyl sites for hydroxylation is 3. The Labute approximate surface area is 146 Å². The molecule has 0 aliphatic heterocycles. The molecule has 6 heteroatoms.